The molecule has 0 radical (unpaired) electrons. The first-order valence-corrected chi connectivity index (χ1v) is 5.28. The zero-order valence-corrected chi connectivity index (χ0v) is 9.95. The van der Waals surface area contributed by atoms with E-state index in [-0.39, 0.29) is 0 Å². The van der Waals surface area contributed by atoms with Crippen molar-refractivity contribution < 1.29 is 4.74 Å². The van der Waals surface area contributed by atoms with Crippen LogP contribution >= 0.6 is 0 Å². The van der Waals surface area contributed by atoms with Crippen molar-refractivity contribution in [1.82, 2.24) is 4.98 Å². The maximum Gasteiger partial charge on any atom is 0.231 e. The molecule has 86 valence electrons. The lowest BCUT2D eigenvalue weighted by Gasteiger charge is -2.22. The minimum absolute atomic E-state index is 0.356. The van der Waals surface area contributed by atoms with Crippen LogP contribution < -0.4 is 10.5 Å². The molecule has 2 N–H and O–H groups in total. The average molecular weight is 219 g/mol. The van der Waals surface area contributed by atoms with Gasteiger partial charge in [-0.05, 0) is 32.4 Å². The first-order chi connectivity index (χ1) is 7.48. The van der Waals surface area contributed by atoms with E-state index in [1.54, 1.807) is 12.1 Å². The second-order valence-electron chi connectivity index (χ2n) is 4.21. The maximum atomic E-state index is 8.89. The third kappa shape index (κ3) is 3.21. The van der Waals surface area contributed by atoms with Crippen molar-refractivity contribution in [3.63, 3.8) is 0 Å². The molecule has 4 nitrogen and oxygen atoms in total. The molecule has 1 rings (SSSR count). The Morgan fingerprint density at radius 1 is 1.56 bits per heavy atom. The number of nitrogens with zero attached hydrogens (tertiary/aromatic N) is 2. The van der Waals surface area contributed by atoms with Crippen molar-refractivity contribution in [2.75, 3.05) is 6.61 Å². The van der Waals surface area contributed by atoms with Crippen LogP contribution in [0, 0.1) is 18.3 Å². The Bertz CT molecular complexity index is 407. The summed E-state index contributed by atoms with van der Waals surface area (Å²) in [6.45, 7) is 6.12. The number of hydrogen-bond donors (Lipinski definition) is 1. The number of aromatic nitrogens is 1. The highest BCUT2D eigenvalue weighted by molar-refractivity contribution is 5.38. The average Bonchev–Trinajstić information content (AvgIpc) is 2.27. The number of nitrogens with two attached hydrogens (primary N) is 1. The van der Waals surface area contributed by atoms with Crippen molar-refractivity contribution in [1.29, 1.82) is 5.26 Å². The van der Waals surface area contributed by atoms with Crippen LogP contribution in [0.3, 0.4) is 0 Å². The van der Waals surface area contributed by atoms with Gasteiger partial charge >= 0.3 is 0 Å². The second-order valence-corrected chi connectivity index (χ2v) is 4.21. The minimum Gasteiger partial charge on any atom is -0.475 e. The van der Waals surface area contributed by atoms with Gasteiger partial charge in [0.25, 0.3) is 0 Å². The first kappa shape index (κ1) is 12.5. The maximum absolute atomic E-state index is 8.89. The van der Waals surface area contributed by atoms with E-state index in [9.17, 15) is 0 Å². The van der Waals surface area contributed by atoms with Crippen LogP contribution in [0.25, 0.3) is 0 Å². The molecule has 0 amide bonds. The minimum atomic E-state index is -0.391. The molecule has 0 aliphatic carbocycles. The number of aryl methyl sites for hydroxylation is 1. The molecule has 4 heteroatoms. The fourth-order valence-corrected chi connectivity index (χ4v) is 1.06. The van der Waals surface area contributed by atoms with Gasteiger partial charge < -0.3 is 10.5 Å². The summed E-state index contributed by atoms with van der Waals surface area (Å²) in [7, 11) is 0. The summed E-state index contributed by atoms with van der Waals surface area (Å²) in [6, 6.07) is 5.54. The van der Waals surface area contributed by atoms with E-state index in [0.717, 1.165) is 12.1 Å². The molecule has 1 aromatic rings. The Morgan fingerprint density at radius 2 is 2.25 bits per heavy atom. The van der Waals surface area contributed by atoms with Crippen LogP contribution in [0.1, 0.15) is 31.5 Å². The molecule has 0 fully saturated rings. The van der Waals surface area contributed by atoms with E-state index < -0.39 is 5.54 Å². The highest BCUT2D eigenvalue weighted by Crippen LogP contribution is 2.16. The van der Waals surface area contributed by atoms with E-state index >= 15 is 0 Å². The standard InChI is InChI=1S/C12H17N3O/c1-4-12(3,14)8-16-11-10(7-13)6-5-9(2)15-11/h5-6H,4,8,14H2,1-3H3. The van der Waals surface area contributed by atoms with Crippen LogP contribution in [0.15, 0.2) is 12.1 Å². The largest absolute Gasteiger partial charge is 0.475 e. The molecule has 0 saturated carbocycles. The summed E-state index contributed by atoms with van der Waals surface area (Å²) in [5, 5.41) is 8.89. The molecule has 0 aromatic carbocycles. The monoisotopic (exact) mass is 219 g/mol. The fourth-order valence-electron chi connectivity index (χ4n) is 1.06. The third-order valence-corrected chi connectivity index (χ3v) is 2.47. The quantitative estimate of drug-likeness (QED) is 0.837. The number of pyridine rings is 1. The number of rotatable bonds is 4. The van der Waals surface area contributed by atoms with Crippen molar-refractivity contribution in [3.8, 4) is 11.9 Å². The fraction of sp³-hybridized carbons (Fsp3) is 0.500. The summed E-state index contributed by atoms with van der Waals surface area (Å²) in [6.07, 6.45) is 0.806. The van der Waals surface area contributed by atoms with E-state index in [1.165, 1.54) is 0 Å². The van der Waals surface area contributed by atoms with Gasteiger partial charge in [0, 0.05) is 11.2 Å². The van der Waals surface area contributed by atoms with Gasteiger partial charge in [-0.2, -0.15) is 5.26 Å². The van der Waals surface area contributed by atoms with Crippen molar-refractivity contribution in [3.05, 3.63) is 23.4 Å². The molecule has 1 atom stereocenters. The van der Waals surface area contributed by atoms with E-state index in [1.807, 2.05) is 26.8 Å². The SMILES string of the molecule is CCC(C)(N)COc1nc(C)ccc1C#N. The van der Waals surface area contributed by atoms with Crippen molar-refractivity contribution in [2.45, 2.75) is 32.7 Å². The van der Waals surface area contributed by atoms with Gasteiger partial charge in [-0.25, -0.2) is 4.98 Å². The third-order valence-electron chi connectivity index (χ3n) is 2.47. The molecule has 1 unspecified atom stereocenters. The Labute approximate surface area is 96.1 Å². The van der Waals surface area contributed by atoms with E-state index in [0.29, 0.717) is 18.1 Å². The van der Waals surface area contributed by atoms with Crippen LogP contribution in [0.2, 0.25) is 0 Å². The summed E-state index contributed by atoms with van der Waals surface area (Å²) in [5.74, 6) is 0.368. The molecule has 1 aromatic heterocycles. The zero-order valence-electron chi connectivity index (χ0n) is 9.95. The lowest BCUT2D eigenvalue weighted by molar-refractivity contribution is 0.218. The summed E-state index contributed by atoms with van der Waals surface area (Å²) in [4.78, 5) is 4.18. The van der Waals surface area contributed by atoms with Gasteiger partial charge in [0.2, 0.25) is 5.88 Å². The Balaban J connectivity index is 2.81. The highest BCUT2D eigenvalue weighted by atomic mass is 16.5. The van der Waals surface area contributed by atoms with Gasteiger partial charge in [-0.3, -0.25) is 0 Å². The molecule has 1 heterocycles. The summed E-state index contributed by atoms with van der Waals surface area (Å²) in [5.41, 5.74) is 6.83. The van der Waals surface area contributed by atoms with Gasteiger partial charge in [0.05, 0.1) is 0 Å². The predicted octanol–water partition coefficient (Wildman–Crippen LogP) is 1.77. The van der Waals surface area contributed by atoms with Gasteiger partial charge in [0.15, 0.2) is 0 Å². The Morgan fingerprint density at radius 3 is 2.81 bits per heavy atom. The van der Waals surface area contributed by atoms with Crippen LogP contribution in [0.4, 0.5) is 0 Å². The molecule has 0 aliphatic rings. The molecule has 0 spiro atoms. The summed E-state index contributed by atoms with van der Waals surface area (Å²) >= 11 is 0. The van der Waals surface area contributed by atoms with E-state index in [2.05, 4.69) is 4.98 Å². The normalized spacial score (nSPS) is 13.9. The topological polar surface area (TPSA) is 71.9 Å². The zero-order chi connectivity index (χ0) is 12.2. The molecular weight excluding hydrogens is 202 g/mol. The lowest BCUT2D eigenvalue weighted by atomic mass is 10.0. The molecular formula is C12H17N3O. The van der Waals surface area contributed by atoms with Crippen LogP contribution in [-0.2, 0) is 0 Å². The molecule has 0 bridgehead atoms. The number of nitriles is 1. The van der Waals surface area contributed by atoms with Crippen molar-refractivity contribution >= 4 is 0 Å². The number of ether oxygens (including phenoxy) is 1. The second kappa shape index (κ2) is 4.95. The molecule has 16 heavy (non-hydrogen) atoms. The Kier molecular flexibility index (Phi) is 3.86. The molecule has 0 aliphatic heterocycles. The van der Waals surface area contributed by atoms with E-state index in [4.69, 9.17) is 15.7 Å². The highest BCUT2D eigenvalue weighted by Gasteiger charge is 2.18. The molecule has 0 saturated heterocycles. The van der Waals surface area contributed by atoms with Crippen LogP contribution in [-0.4, -0.2) is 17.1 Å². The number of hydrogen-bond acceptors (Lipinski definition) is 4. The van der Waals surface area contributed by atoms with Crippen molar-refractivity contribution in [2.24, 2.45) is 5.73 Å². The van der Waals surface area contributed by atoms with Gasteiger partial charge in [-0.1, -0.05) is 6.92 Å². The predicted molar refractivity (Wildman–Crippen MR) is 62.1 cm³/mol. The Hall–Kier alpha value is -1.60. The summed E-state index contributed by atoms with van der Waals surface area (Å²) < 4.78 is 5.51. The van der Waals surface area contributed by atoms with Gasteiger partial charge in [0.1, 0.15) is 18.2 Å². The first-order valence-electron chi connectivity index (χ1n) is 5.28. The van der Waals surface area contributed by atoms with Crippen LogP contribution in [0.5, 0.6) is 5.88 Å². The lowest BCUT2D eigenvalue weighted by Crippen LogP contribution is -2.41. The smallest absolute Gasteiger partial charge is 0.231 e. The van der Waals surface area contributed by atoms with Gasteiger partial charge in [-0.15, -0.1) is 0 Å².